The molecule has 3 N–H and O–H groups in total. The predicted molar refractivity (Wildman–Crippen MR) is 91.1 cm³/mol. The molecule has 0 amide bonds. The molecule has 0 saturated heterocycles. The van der Waals surface area contributed by atoms with Crippen molar-refractivity contribution in [1.29, 1.82) is 0 Å². The number of nitrogens with one attached hydrogen (secondary N) is 1. The van der Waals surface area contributed by atoms with E-state index >= 15 is 0 Å². The Bertz CT molecular complexity index is 619. The molecule has 0 radical (unpaired) electrons. The molecule has 1 unspecified atom stereocenters. The second-order valence-electron chi connectivity index (χ2n) is 5.86. The van der Waals surface area contributed by atoms with Crippen molar-refractivity contribution in [3.05, 3.63) is 33.3 Å². The summed E-state index contributed by atoms with van der Waals surface area (Å²) in [5.41, 5.74) is 6.93. The van der Waals surface area contributed by atoms with Gasteiger partial charge in [0.05, 0.1) is 0 Å². The van der Waals surface area contributed by atoms with Crippen molar-refractivity contribution in [3.63, 3.8) is 0 Å². The van der Waals surface area contributed by atoms with Crippen LogP contribution < -0.4 is 11.1 Å². The fourth-order valence-electron chi connectivity index (χ4n) is 2.13. The normalized spacial score (nSPS) is 12.7. The first-order valence-electron chi connectivity index (χ1n) is 7.32. The zero-order valence-electron chi connectivity index (χ0n) is 13.4. The fraction of sp³-hybridized carbons (Fsp3) is 0.500. The number of aryl methyl sites for hydroxylation is 1. The summed E-state index contributed by atoms with van der Waals surface area (Å²) in [6.45, 7) is 10.4. The van der Waals surface area contributed by atoms with Crippen LogP contribution in [0.5, 0.6) is 0 Å². The standard InChI is InChI=1S/C16H24N4S/c1-9(2)15-19-14(17)12(5)16(20-15)18-10(3)8-13-7-6-11(4)21-13/h6-7,9-10H,8H2,1-5H3,(H3,17,18,19,20). The van der Waals surface area contributed by atoms with Gasteiger partial charge < -0.3 is 11.1 Å². The van der Waals surface area contributed by atoms with Crippen LogP contribution in [0, 0.1) is 13.8 Å². The summed E-state index contributed by atoms with van der Waals surface area (Å²) in [5, 5.41) is 3.48. The molecule has 0 aliphatic heterocycles. The van der Waals surface area contributed by atoms with Gasteiger partial charge in [-0.15, -0.1) is 11.3 Å². The van der Waals surface area contributed by atoms with E-state index in [0.29, 0.717) is 11.9 Å². The maximum Gasteiger partial charge on any atom is 0.135 e. The Hall–Kier alpha value is -1.62. The van der Waals surface area contributed by atoms with Gasteiger partial charge in [-0.1, -0.05) is 13.8 Å². The first kappa shape index (κ1) is 15.8. The number of hydrogen-bond donors (Lipinski definition) is 2. The third-order valence-corrected chi connectivity index (χ3v) is 4.43. The molecule has 1 atom stereocenters. The Morgan fingerprint density at radius 1 is 1.19 bits per heavy atom. The molecule has 0 fully saturated rings. The van der Waals surface area contributed by atoms with Crippen molar-refractivity contribution in [3.8, 4) is 0 Å². The third-order valence-electron chi connectivity index (χ3n) is 3.40. The fourth-order valence-corrected chi connectivity index (χ4v) is 3.15. The zero-order chi connectivity index (χ0) is 15.6. The van der Waals surface area contributed by atoms with Gasteiger partial charge in [-0.2, -0.15) is 0 Å². The van der Waals surface area contributed by atoms with Crippen LogP contribution in [-0.2, 0) is 6.42 Å². The van der Waals surface area contributed by atoms with Gasteiger partial charge >= 0.3 is 0 Å². The lowest BCUT2D eigenvalue weighted by Crippen LogP contribution is -2.20. The molecule has 0 bridgehead atoms. The number of thiophene rings is 1. The van der Waals surface area contributed by atoms with Gasteiger partial charge in [-0.3, -0.25) is 0 Å². The first-order chi connectivity index (χ1) is 9.86. The van der Waals surface area contributed by atoms with Gasteiger partial charge in [-0.05, 0) is 32.9 Å². The van der Waals surface area contributed by atoms with Crippen molar-refractivity contribution >= 4 is 23.0 Å². The molecule has 4 nitrogen and oxygen atoms in total. The SMILES string of the molecule is Cc1ccc(CC(C)Nc2nc(C(C)C)nc(N)c2C)s1. The Kier molecular flexibility index (Phi) is 4.83. The maximum absolute atomic E-state index is 6.00. The Morgan fingerprint density at radius 3 is 2.48 bits per heavy atom. The molecule has 5 heteroatoms. The third kappa shape index (κ3) is 3.94. The molecule has 0 aromatic carbocycles. The molecule has 114 valence electrons. The highest BCUT2D eigenvalue weighted by atomic mass is 32.1. The lowest BCUT2D eigenvalue weighted by Gasteiger charge is -2.18. The van der Waals surface area contributed by atoms with E-state index < -0.39 is 0 Å². The zero-order valence-corrected chi connectivity index (χ0v) is 14.2. The van der Waals surface area contributed by atoms with Gasteiger partial charge in [0.25, 0.3) is 0 Å². The smallest absolute Gasteiger partial charge is 0.135 e. The van der Waals surface area contributed by atoms with Gasteiger partial charge in [0.2, 0.25) is 0 Å². The van der Waals surface area contributed by atoms with E-state index in [-0.39, 0.29) is 5.92 Å². The van der Waals surface area contributed by atoms with E-state index in [4.69, 9.17) is 5.73 Å². The van der Waals surface area contributed by atoms with Crippen LogP contribution in [-0.4, -0.2) is 16.0 Å². The summed E-state index contributed by atoms with van der Waals surface area (Å²) >= 11 is 1.84. The summed E-state index contributed by atoms with van der Waals surface area (Å²) < 4.78 is 0. The van der Waals surface area contributed by atoms with E-state index in [0.717, 1.165) is 23.6 Å². The average molecular weight is 304 g/mol. The summed E-state index contributed by atoms with van der Waals surface area (Å²) in [4.78, 5) is 11.7. The monoisotopic (exact) mass is 304 g/mol. The van der Waals surface area contributed by atoms with Gasteiger partial charge in [-0.25, -0.2) is 9.97 Å². The second-order valence-corrected chi connectivity index (χ2v) is 7.23. The van der Waals surface area contributed by atoms with Crippen molar-refractivity contribution < 1.29 is 0 Å². The summed E-state index contributed by atoms with van der Waals surface area (Å²) in [6, 6.07) is 4.66. The van der Waals surface area contributed by atoms with Crippen molar-refractivity contribution in [2.24, 2.45) is 0 Å². The second kappa shape index (κ2) is 6.43. The van der Waals surface area contributed by atoms with E-state index in [2.05, 4.69) is 55.1 Å². The first-order valence-corrected chi connectivity index (χ1v) is 8.14. The van der Waals surface area contributed by atoms with Crippen molar-refractivity contribution in [2.75, 3.05) is 11.1 Å². The van der Waals surface area contributed by atoms with Gasteiger partial charge in [0, 0.05) is 33.7 Å². The molecular formula is C16H24N4S. The van der Waals surface area contributed by atoms with Crippen molar-refractivity contribution in [1.82, 2.24) is 9.97 Å². The quantitative estimate of drug-likeness (QED) is 0.879. The average Bonchev–Trinajstić information content (AvgIpc) is 2.79. The molecule has 0 spiro atoms. The molecule has 2 heterocycles. The largest absolute Gasteiger partial charge is 0.383 e. The maximum atomic E-state index is 6.00. The van der Waals surface area contributed by atoms with E-state index in [1.807, 2.05) is 18.3 Å². The van der Waals surface area contributed by atoms with Crippen LogP contribution >= 0.6 is 11.3 Å². The van der Waals surface area contributed by atoms with E-state index in [1.165, 1.54) is 9.75 Å². The number of aromatic nitrogens is 2. The lowest BCUT2D eigenvalue weighted by molar-refractivity contribution is 0.755. The highest BCUT2D eigenvalue weighted by Crippen LogP contribution is 2.23. The van der Waals surface area contributed by atoms with Crippen LogP contribution in [0.15, 0.2) is 12.1 Å². The molecule has 0 aliphatic rings. The van der Waals surface area contributed by atoms with Gasteiger partial charge in [0.1, 0.15) is 17.5 Å². The molecule has 2 aromatic rings. The van der Waals surface area contributed by atoms with Crippen LogP contribution in [0.2, 0.25) is 0 Å². The molecule has 2 aromatic heterocycles. The highest BCUT2D eigenvalue weighted by molar-refractivity contribution is 7.11. The topological polar surface area (TPSA) is 63.8 Å². The van der Waals surface area contributed by atoms with E-state index in [9.17, 15) is 0 Å². The number of hydrogen-bond acceptors (Lipinski definition) is 5. The Morgan fingerprint density at radius 2 is 1.90 bits per heavy atom. The van der Waals surface area contributed by atoms with Crippen LogP contribution in [0.4, 0.5) is 11.6 Å². The molecule has 2 rings (SSSR count). The Balaban J connectivity index is 2.14. The molecule has 0 aliphatic carbocycles. The van der Waals surface area contributed by atoms with Gasteiger partial charge in [0.15, 0.2) is 0 Å². The number of nitrogens with two attached hydrogens (primary N) is 1. The van der Waals surface area contributed by atoms with Crippen LogP contribution in [0.1, 0.15) is 47.8 Å². The molecule has 0 saturated carbocycles. The van der Waals surface area contributed by atoms with Crippen molar-refractivity contribution in [2.45, 2.75) is 53.0 Å². The number of rotatable bonds is 5. The van der Waals surface area contributed by atoms with Crippen LogP contribution in [0.25, 0.3) is 0 Å². The molecule has 21 heavy (non-hydrogen) atoms. The predicted octanol–water partition coefficient (Wildman–Crippen LogP) is 3.90. The van der Waals surface area contributed by atoms with Crippen LogP contribution in [0.3, 0.4) is 0 Å². The minimum absolute atomic E-state index is 0.267. The molecular weight excluding hydrogens is 280 g/mol. The lowest BCUT2D eigenvalue weighted by atomic mass is 10.1. The highest BCUT2D eigenvalue weighted by Gasteiger charge is 2.13. The minimum atomic E-state index is 0.267. The number of nitrogens with zero attached hydrogens (tertiary/aromatic N) is 2. The number of nitrogen functional groups attached to an aromatic ring is 1. The number of anilines is 2. The van der Waals surface area contributed by atoms with E-state index in [1.54, 1.807) is 0 Å². The minimum Gasteiger partial charge on any atom is -0.383 e. The summed E-state index contributed by atoms with van der Waals surface area (Å²) in [7, 11) is 0. The summed E-state index contributed by atoms with van der Waals surface area (Å²) in [6.07, 6.45) is 0.985. The summed E-state index contributed by atoms with van der Waals surface area (Å²) in [5.74, 6) is 2.48. The Labute approximate surface area is 130 Å².